The summed E-state index contributed by atoms with van der Waals surface area (Å²) in [6.07, 6.45) is 0.777. The molecule has 0 radical (unpaired) electrons. The molecule has 4 unspecified atom stereocenters. The first-order valence-electron chi connectivity index (χ1n) is 10.3. The zero-order valence-electron chi connectivity index (χ0n) is 18.8. The van der Waals surface area contributed by atoms with Gasteiger partial charge in [-0.05, 0) is 30.6 Å². The SMILES string of the molecule is CC(C)CC(N)C(=O)NC(CS)C(=O)NC(CC(C)C)C(=O)NC(C(=O)O)C(C)C. The van der Waals surface area contributed by atoms with Gasteiger partial charge in [-0.2, -0.15) is 12.6 Å². The highest BCUT2D eigenvalue weighted by molar-refractivity contribution is 7.80. The molecule has 6 N–H and O–H groups in total. The third-order valence-electron chi connectivity index (χ3n) is 4.45. The molecule has 0 bridgehead atoms. The van der Waals surface area contributed by atoms with Crippen LogP contribution in [0.5, 0.6) is 0 Å². The van der Waals surface area contributed by atoms with Crippen molar-refractivity contribution in [3.05, 3.63) is 0 Å². The average molecular weight is 447 g/mol. The van der Waals surface area contributed by atoms with Crippen molar-refractivity contribution in [2.24, 2.45) is 23.5 Å². The van der Waals surface area contributed by atoms with Gasteiger partial charge in [-0.25, -0.2) is 4.79 Å². The van der Waals surface area contributed by atoms with E-state index >= 15 is 0 Å². The third-order valence-corrected chi connectivity index (χ3v) is 4.81. The van der Waals surface area contributed by atoms with Crippen LogP contribution in [0.1, 0.15) is 54.4 Å². The molecule has 0 aromatic heterocycles. The van der Waals surface area contributed by atoms with Crippen LogP contribution in [0.15, 0.2) is 0 Å². The maximum atomic E-state index is 12.7. The number of hydrogen-bond donors (Lipinski definition) is 6. The molecule has 0 aromatic rings. The zero-order valence-corrected chi connectivity index (χ0v) is 19.7. The van der Waals surface area contributed by atoms with Gasteiger partial charge in [0.05, 0.1) is 6.04 Å². The molecule has 0 aliphatic heterocycles. The van der Waals surface area contributed by atoms with E-state index in [0.29, 0.717) is 12.8 Å². The van der Waals surface area contributed by atoms with E-state index < -0.39 is 47.9 Å². The lowest BCUT2D eigenvalue weighted by Crippen LogP contribution is -2.58. The Balaban J connectivity index is 5.24. The van der Waals surface area contributed by atoms with Gasteiger partial charge in [0.25, 0.3) is 0 Å². The largest absolute Gasteiger partial charge is 0.480 e. The summed E-state index contributed by atoms with van der Waals surface area (Å²) in [5.41, 5.74) is 5.86. The molecule has 30 heavy (non-hydrogen) atoms. The summed E-state index contributed by atoms with van der Waals surface area (Å²) < 4.78 is 0. The third kappa shape index (κ3) is 10.3. The highest BCUT2D eigenvalue weighted by atomic mass is 32.1. The lowest BCUT2D eigenvalue weighted by Gasteiger charge is -2.26. The number of carbonyl (C=O) groups excluding carboxylic acids is 3. The molecule has 174 valence electrons. The molecule has 0 saturated carbocycles. The number of rotatable bonds is 13. The van der Waals surface area contributed by atoms with Crippen LogP contribution in [0.4, 0.5) is 0 Å². The van der Waals surface area contributed by atoms with Crippen LogP contribution in [-0.4, -0.2) is 58.7 Å². The van der Waals surface area contributed by atoms with E-state index in [-0.39, 0.29) is 23.5 Å². The van der Waals surface area contributed by atoms with Crippen LogP contribution < -0.4 is 21.7 Å². The summed E-state index contributed by atoms with van der Waals surface area (Å²) in [6.45, 7) is 11.0. The quantitative estimate of drug-likeness (QED) is 0.227. The van der Waals surface area contributed by atoms with Crippen molar-refractivity contribution in [1.29, 1.82) is 0 Å². The van der Waals surface area contributed by atoms with Gasteiger partial charge in [-0.3, -0.25) is 14.4 Å². The van der Waals surface area contributed by atoms with E-state index in [1.807, 2.05) is 27.7 Å². The first-order valence-corrected chi connectivity index (χ1v) is 10.9. The summed E-state index contributed by atoms with van der Waals surface area (Å²) in [4.78, 5) is 49.0. The van der Waals surface area contributed by atoms with Gasteiger partial charge in [0.1, 0.15) is 18.1 Å². The Morgan fingerprint density at radius 3 is 1.67 bits per heavy atom. The van der Waals surface area contributed by atoms with Crippen LogP contribution in [0.3, 0.4) is 0 Å². The number of thiol groups is 1. The molecule has 0 aromatic carbocycles. The second kappa shape index (κ2) is 13.5. The lowest BCUT2D eigenvalue weighted by atomic mass is 10.00. The minimum absolute atomic E-state index is 0.0196. The molecule has 0 spiro atoms. The van der Waals surface area contributed by atoms with Gasteiger partial charge in [0.15, 0.2) is 0 Å². The van der Waals surface area contributed by atoms with Crippen LogP contribution in [0.2, 0.25) is 0 Å². The van der Waals surface area contributed by atoms with Crippen molar-refractivity contribution >= 4 is 36.3 Å². The second-order valence-electron chi connectivity index (χ2n) is 8.74. The molecule has 9 nitrogen and oxygen atoms in total. The molecule has 3 amide bonds. The number of aliphatic carboxylic acids is 1. The number of carboxylic acids is 1. The number of amides is 3. The minimum Gasteiger partial charge on any atom is -0.480 e. The van der Waals surface area contributed by atoms with Crippen molar-refractivity contribution < 1.29 is 24.3 Å². The van der Waals surface area contributed by atoms with Crippen molar-refractivity contribution in [2.75, 3.05) is 5.75 Å². The summed E-state index contributed by atoms with van der Waals surface area (Å²) in [5, 5.41) is 17.0. The number of nitrogens with one attached hydrogen (secondary N) is 3. The van der Waals surface area contributed by atoms with Gasteiger partial charge in [0, 0.05) is 5.75 Å². The Bertz CT molecular complexity index is 598. The lowest BCUT2D eigenvalue weighted by molar-refractivity contribution is -0.143. The van der Waals surface area contributed by atoms with E-state index in [2.05, 4.69) is 28.6 Å². The van der Waals surface area contributed by atoms with Gasteiger partial charge >= 0.3 is 5.97 Å². The van der Waals surface area contributed by atoms with Crippen LogP contribution in [0, 0.1) is 17.8 Å². The average Bonchev–Trinajstić information content (AvgIpc) is 2.61. The van der Waals surface area contributed by atoms with Crippen molar-refractivity contribution in [3.8, 4) is 0 Å². The summed E-state index contributed by atoms with van der Waals surface area (Å²) in [5.74, 6) is -2.80. The number of nitrogens with two attached hydrogens (primary N) is 1. The molecular formula is C20H38N4O5S. The van der Waals surface area contributed by atoms with Crippen LogP contribution in [-0.2, 0) is 19.2 Å². The zero-order chi connectivity index (χ0) is 23.6. The smallest absolute Gasteiger partial charge is 0.326 e. The number of hydrogen-bond acceptors (Lipinski definition) is 6. The summed E-state index contributed by atoms with van der Waals surface area (Å²) in [7, 11) is 0. The topological polar surface area (TPSA) is 151 Å². The maximum absolute atomic E-state index is 12.7. The maximum Gasteiger partial charge on any atom is 0.326 e. The first-order chi connectivity index (χ1) is 13.8. The minimum atomic E-state index is -1.15. The molecule has 0 rings (SSSR count). The van der Waals surface area contributed by atoms with E-state index in [1.165, 1.54) is 0 Å². The Morgan fingerprint density at radius 1 is 0.800 bits per heavy atom. The van der Waals surface area contributed by atoms with Gasteiger partial charge in [0.2, 0.25) is 17.7 Å². The molecule has 0 heterocycles. The normalized spacial score (nSPS) is 15.4. The standard InChI is InChI=1S/C20H38N4O5S/c1-10(2)7-13(21)17(25)23-15(9-30)19(27)22-14(8-11(3)4)18(26)24-16(12(5)6)20(28)29/h10-16,30H,7-9,21H2,1-6H3,(H,22,27)(H,23,25)(H,24,26)(H,28,29). The van der Waals surface area contributed by atoms with Crippen molar-refractivity contribution in [3.63, 3.8) is 0 Å². The predicted octanol–water partition coefficient (Wildman–Crippen LogP) is 0.531. The molecular weight excluding hydrogens is 408 g/mol. The molecule has 0 saturated heterocycles. The summed E-state index contributed by atoms with van der Waals surface area (Å²) >= 11 is 4.13. The van der Waals surface area contributed by atoms with E-state index in [9.17, 15) is 24.3 Å². The molecule has 0 fully saturated rings. The fourth-order valence-corrected chi connectivity index (χ4v) is 3.09. The highest BCUT2D eigenvalue weighted by Crippen LogP contribution is 2.09. The number of carboxylic acid groups (broad SMARTS) is 1. The highest BCUT2D eigenvalue weighted by Gasteiger charge is 2.31. The van der Waals surface area contributed by atoms with Crippen molar-refractivity contribution in [1.82, 2.24) is 16.0 Å². The fraction of sp³-hybridized carbons (Fsp3) is 0.800. The van der Waals surface area contributed by atoms with E-state index in [0.717, 1.165) is 0 Å². The summed E-state index contributed by atoms with van der Waals surface area (Å²) in [6, 6.07) is -3.74. The second-order valence-corrected chi connectivity index (χ2v) is 9.10. The Hall–Kier alpha value is -1.81. The van der Waals surface area contributed by atoms with E-state index in [1.54, 1.807) is 13.8 Å². The van der Waals surface area contributed by atoms with Crippen LogP contribution in [0.25, 0.3) is 0 Å². The molecule has 0 aliphatic rings. The van der Waals surface area contributed by atoms with E-state index in [4.69, 9.17) is 5.73 Å². The Morgan fingerprint density at radius 2 is 1.27 bits per heavy atom. The van der Waals surface area contributed by atoms with Crippen molar-refractivity contribution in [2.45, 2.75) is 78.6 Å². The first kappa shape index (κ1) is 28.2. The molecule has 0 aliphatic carbocycles. The molecule has 10 heteroatoms. The number of carbonyl (C=O) groups is 4. The Labute approximate surface area is 184 Å². The van der Waals surface area contributed by atoms with Gasteiger partial charge in [-0.1, -0.05) is 41.5 Å². The van der Waals surface area contributed by atoms with Gasteiger partial charge in [-0.15, -0.1) is 0 Å². The molecule has 4 atom stereocenters. The monoisotopic (exact) mass is 446 g/mol. The van der Waals surface area contributed by atoms with Gasteiger partial charge < -0.3 is 26.8 Å². The Kier molecular flexibility index (Phi) is 12.7. The fourth-order valence-electron chi connectivity index (χ4n) is 2.83. The predicted molar refractivity (Wildman–Crippen MR) is 119 cm³/mol. The van der Waals surface area contributed by atoms with Crippen LogP contribution >= 0.6 is 12.6 Å².